The normalized spacial score (nSPS) is 46.1. The standard InChI is InChI=1S/C8H11BrO/c9-7-3-5-1-2-6(5)4-8(7)10/h5-7H,1-4H2/t5?,6?,7-/m1/s1. The van der Waals surface area contributed by atoms with Crippen molar-refractivity contribution >= 4 is 21.7 Å². The number of hydrogen-bond acceptors (Lipinski definition) is 1. The van der Waals surface area contributed by atoms with Crippen molar-refractivity contribution in [1.29, 1.82) is 0 Å². The van der Waals surface area contributed by atoms with Gasteiger partial charge in [-0.3, -0.25) is 4.79 Å². The highest BCUT2D eigenvalue weighted by molar-refractivity contribution is 9.10. The van der Waals surface area contributed by atoms with Crippen LogP contribution in [0.15, 0.2) is 0 Å². The van der Waals surface area contributed by atoms with Gasteiger partial charge < -0.3 is 0 Å². The number of ketones is 1. The second kappa shape index (κ2) is 2.33. The van der Waals surface area contributed by atoms with Gasteiger partial charge in [-0.2, -0.15) is 0 Å². The third kappa shape index (κ3) is 0.931. The molecule has 2 heteroatoms. The summed E-state index contributed by atoms with van der Waals surface area (Å²) in [5.74, 6) is 2.07. The number of fused-ring (bicyclic) bond motifs is 1. The van der Waals surface area contributed by atoms with Crippen LogP contribution in [0, 0.1) is 11.8 Å². The molecule has 1 nitrogen and oxygen atoms in total. The number of carbonyl (C=O) groups is 1. The smallest absolute Gasteiger partial charge is 0.146 e. The Morgan fingerprint density at radius 1 is 1.30 bits per heavy atom. The number of hydrogen-bond donors (Lipinski definition) is 0. The highest BCUT2D eigenvalue weighted by atomic mass is 79.9. The molecule has 0 heterocycles. The molecule has 2 unspecified atom stereocenters. The molecule has 2 fully saturated rings. The summed E-state index contributed by atoms with van der Waals surface area (Å²) < 4.78 is 0. The van der Waals surface area contributed by atoms with Crippen molar-refractivity contribution in [3.05, 3.63) is 0 Å². The molecule has 0 aromatic carbocycles. The molecule has 0 spiro atoms. The molecule has 2 rings (SSSR count). The van der Waals surface area contributed by atoms with Crippen LogP contribution in [0.1, 0.15) is 25.7 Å². The molecule has 56 valence electrons. The highest BCUT2D eigenvalue weighted by Crippen LogP contribution is 2.45. The minimum Gasteiger partial charge on any atom is -0.298 e. The zero-order valence-corrected chi connectivity index (χ0v) is 7.43. The van der Waals surface area contributed by atoms with E-state index in [2.05, 4.69) is 15.9 Å². The summed E-state index contributed by atoms with van der Waals surface area (Å²) in [6.07, 6.45) is 4.61. The SMILES string of the molecule is O=C1CC2CCC2C[C@H]1Br. The Morgan fingerprint density at radius 2 is 2.00 bits per heavy atom. The highest BCUT2D eigenvalue weighted by Gasteiger charge is 2.39. The average molecular weight is 203 g/mol. The van der Waals surface area contributed by atoms with Crippen LogP contribution in [0.25, 0.3) is 0 Å². The fourth-order valence-electron chi connectivity index (χ4n) is 2.00. The predicted octanol–water partition coefficient (Wildman–Crippen LogP) is 2.14. The Morgan fingerprint density at radius 3 is 2.50 bits per heavy atom. The summed E-state index contributed by atoms with van der Waals surface area (Å²) in [5, 5.41) is 0. The monoisotopic (exact) mass is 202 g/mol. The van der Waals surface area contributed by atoms with Gasteiger partial charge in [0, 0.05) is 6.42 Å². The maximum atomic E-state index is 11.1. The second-order valence-electron chi connectivity index (χ2n) is 3.47. The molecule has 0 radical (unpaired) electrons. The number of rotatable bonds is 0. The summed E-state index contributed by atoms with van der Waals surface area (Å²) in [6.45, 7) is 0. The average Bonchev–Trinajstić information content (AvgIpc) is 1.89. The van der Waals surface area contributed by atoms with E-state index in [0.717, 1.165) is 24.7 Å². The van der Waals surface area contributed by atoms with E-state index in [0.29, 0.717) is 5.78 Å². The van der Waals surface area contributed by atoms with Crippen molar-refractivity contribution in [1.82, 2.24) is 0 Å². The van der Waals surface area contributed by atoms with Gasteiger partial charge in [-0.05, 0) is 31.1 Å². The van der Waals surface area contributed by atoms with Crippen molar-refractivity contribution in [2.24, 2.45) is 11.8 Å². The largest absolute Gasteiger partial charge is 0.298 e. The van der Waals surface area contributed by atoms with E-state index < -0.39 is 0 Å². The number of alkyl halides is 1. The van der Waals surface area contributed by atoms with Gasteiger partial charge in [0.05, 0.1) is 4.83 Å². The summed E-state index contributed by atoms with van der Waals surface area (Å²) in [7, 11) is 0. The van der Waals surface area contributed by atoms with Crippen molar-refractivity contribution in [2.75, 3.05) is 0 Å². The third-order valence-corrected chi connectivity index (χ3v) is 3.78. The molecule has 2 aliphatic rings. The van der Waals surface area contributed by atoms with E-state index in [4.69, 9.17) is 0 Å². The van der Waals surface area contributed by atoms with Gasteiger partial charge in [-0.25, -0.2) is 0 Å². The summed E-state index contributed by atoms with van der Waals surface area (Å²) >= 11 is 3.41. The zero-order valence-electron chi connectivity index (χ0n) is 5.85. The molecule has 0 saturated heterocycles. The van der Waals surface area contributed by atoms with E-state index in [-0.39, 0.29) is 4.83 Å². The van der Waals surface area contributed by atoms with Gasteiger partial charge in [-0.1, -0.05) is 15.9 Å². The van der Waals surface area contributed by atoms with E-state index in [9.17, 15) is 4.79 Å². The fraction of sp³-hybridized carbons (Fsp3) is 0.875. The quantitative estimate of drug-likeness (QED) is 0.551. The Hall–Kier alpha value is 0.150. The van der Waals surface area contributed by atoms with Crippen LogP contribution in [-0.4, -0.2) is 10.6 Å². The molecule has 0 N–H and O–H groups in total. The molecule has 0 aliphatic heterocycles. The Balaban J connectivity index is 2.03. The summed E-state index contributed by atoms with van der Waals surface area (Å²) in [6, 6.07) is 0. The van der Waals surface area contributed by atoms with Gasteiger partial charge in [0.1, 0.15) is 5.78 Å². The molecule has 0 amide bonds. The summed E-state index contributed by atoms with van der Waals surface area (Å²) in [5.41, 5.74) is 0. The lowest BCUT2D eigenvalue weighted by atomic mass is 9.65. The van der Waals surface area contributed by atoms with Gasteiger partial charge in [0.15, 0.2) is 0 Å². The number of carbonyl (C=O) groups excluding carboxylic acids is 1. The summed E-state index contributed by atoms with van der Waals surface area (Å²) in [4.78, 5) is 11.3. The third-order valence-electron chi connectivity index (χ3n) is 2.90. The van der Waals surface area contributed by atoms with Gasteiger partial charge >= 0.3 is 0 Å². The Labute approximate surface area is 69.3 Å². The fourth-order valence-corrected chi connectivity index (χ4v) is 2.67. The second-order valence-corrected chi connectivity index (χ2v) is 4.58. The first-order valence-corrected chi connectivity index (χ1v) is 4.85. The van der Waals surface area contributed by atoms with Crippen molar-refractivity contribution in [3.63, 3.8) is 0 Å². The first-order chi connectivity index (χ1) is 4.77. The van der Waals surface area contributed by atoms with Crippen LogP contribution in [0.4, 0.5) is 0 Å². The Bertz CT molecular complexity index is 167. The molecule has 10 heavy (non-hydrogen) atoms. The van der Waals surface area contributed by atoms with Crippen molar-refractivity contribution in [3.8, 4) is 0 Å². The zero-order chi connectivity index (χ0) is 7.14. The molecular formula is C8H11BrO. The van der Waals surface area contributed by atoms with Crippen LogP contribution < -0.4 is 0 Å². The topological polar surface area (TPSA) is 17.1 Å². The van der Waals surface area contributed by atoms with Crippen LogP contribution in [-0.2, 0) is 4.79 Å². The molecule has 2 aliphatic carbocycles. The molecular weight excluding hydrogens is 192 g/mol. The van der Waals surface area contributed by atoms with Gasteiger partial charge in [0.2, 0.25) is 0 Å². The Kier molecular flexibility index (Phi) is 1.59. The molecule has 0 aromatic heterocycles. The first kappa shape index (κ1) is 6.84. The van der Waals surface area contributed by atoms with Crippen LogP contribution in [0.5, 0.6) is 0 Å². The van der Waals surface area contributed by atoms with E-state index in [1.165, 1.54) is 12.8 Å². The van der Waals surface area contributed by atoms with Crippen LogP contribution >= 0.6 is 15.9 Å². The predicted molar refractivity (Wildman–Crippen MR) is 43.2 cm³/mol. The van der Waals surface area contributed by atoms with Crippen LogP contribution in [0.2, 0.25) is 0 Å². The van der Waals surface area contributed by atoms with Gasteiger partial charge in [-0.15, -0.1) is 0 Å². The van der Waals surface area contributed by atoms with Crippen molar-refractivity contribution < 1.29 is 4.79 Å². The molecule has 3 atom stereocenters. The lowest BCUT2D eigenvalue weighted by Crippen LogP contribution is -2.38. The minimum absolute atomic E-state index is 0.189. The van der Waals surface area contributed by atoms with E-state index >= 15 is 0 Å². The molecule has 2 saturated carbocycles. The maximum absolute atomic E-state index is 11.1. The molecule has 0 bridgehead atoms. The lowest BCUT2D eigenvalue weighted by Gasteiger charge is -2.41. The number of Topliss-reactive ketones (excluding diaryl/α,β-unsaturated/α-hetero) is 1. The lowest BCUT2D eigenvalue weighted by molar-refractivity contribution is -0.123. The van der Waals surface area contributed by atoms with Crippen molar-refractivity contribution in [2.45, 2.75) is 30.5 Å². The van der Waals surface area contributed by atoms with E-state index in [1.807, 2.05) is 0 Å². The van der Waals surface area contributed by atoms with E-state index in [1.54, 1.807) is 0 Å². The minimum atomic E-state index is 0.189. The molecule has 0 aromatic rings. The van der Waals surface area contributed by atoms with Crippen LogP contribution in [0.3, 0.4) is 0 Å². The van der Waals surface area contributed by atoms with Gasteiger partial charge in [0.25, 0.3) is 0 Å². The maximum Gasteiger partial charge on any atom is 0.146 e. The first-order valence-electron chi connectivity index (χ1n) is 3.94. The number of halogens is 1.